The van der Waals surface area contributed by atoms with Crippen LogP contribution in [0.3, 0.4) is 0 Å². The second kappa shape index (κ2) is 16.4. The van der Waals surface area contributed by atoms with Gasteiger partial charge in [-0.2, -0.15) is 0 Å². The van der Waals surface area contributed by atoms with Crippen LogP contribution >= 0.6 is 0 Å². The molecule has 2 atom stereocenters. The van der Waals surface area contributed by atoms with Crippen LogP contribution in [0.2, 0.25) is 13.1 Å². The van der Waals surface area contributed by atoms with E-state index in [9.17, 15) is 0 Å². The maximum absolute atomic E-state index is 2.74. The molecule has 48 heavy (non-hydrogen) atoms. The van der Waals surface area contributed by atoms with E-state index in [-0.39, 0.29) is 0 Å². The first-order valence-electron chi connectivity index (χ1n) is 19.2. The van der Waals surface area contributed by atoms with Gasteiger partial charge in [-0.3, -0.25) is 0 Å². The molecule has 0 heterocycles. The van der Waals surface area contributed by atoms with Crippen molar-refractivity contribution in [3.63, 3.8) is 0 Å². The van der Waals surface area contributed by atoms with E-state index >= 15 is 0 Å². The SMILES string of the molecule is CCCCc1ccccc1-c1cccc2c1C=C(CCC)[CH]2[Hf]([CH]1C(CCC)=Cc2c(-c3ccccc3CCCC)cccc21)[SiH](C)C. The van der Waals surface area contributed by atoms with Crippen molar-refractivity contribution in [1.82, 2.24) is 0 Å². The van der Waals surface area contributed by atoms with E-state index in [0.717, 1.165) is 0 Å². The Balaban J connectivity index is 1.49. The summed E-state index contributed by atoms with van der Waals surface area (Å²) in [4.78, 5) is 0. The van der Waals surface area contributed by atoms with Crippen molar-refractivity contribution in [3.8, 4) is 22.3 Å². The molecule has 0 saturated carbocycles. The standard InChI is InChI=1S/2C22H25.C2H7Si.Hf/c2*1-3-5-10-18-11-6-7-13-20(18)21-14-8-12-19-15-17(9-4-2)16-22(19)21;1-3-2;/h2*6-8,11-16H,3-5,9-10H2,1-2H3;3H,1-2H3;. The van der Waals surface area contributed by atoms with Gasteiger partial charge in [-0.1, -0.05) is 0 Å². The van der Waals surface area contributed by atoms with Crippen LogP contribution in [-0.4, -0.2) is 5.98 Å². The van der Waals surface area contributed by atoms with Crippen LogP contribution in [-0.2, 0) is 33.4 Å². The van der Waals surface area contributed by atoms with Gasteiger partial charge in [0.25, 0.3) is 0 Å². The number of hydrogen-bond acceptors (Lipinski definition) is 0. The molecule has 249 valence electrons. The van der Waals surface area contributed by atoms with E-state index in [1.807, 2.05) is 0 Å². The van der Waals surface area contributed by atoms with Crippen molar-refractivity contribution in [2.24, 2.45) is 0 Å². The van der Waals surface area contributed by atoms with Gasteiger partial charge in [0, 0.05) is 0 Å². The molecule has 2 unspecified atom stereocenters. The van der Waals surface area contributed by atoms with E-state index in [4.69, 9.17) is 0 Å². The minimum atomic E-state index is -2.42. The number of benzene rings is 4. The second-order valence-electron chi connectivity index (χ2n) is 14.6. The van der Waals surface area contributed by atoms with E-state index in [0.29, 0.717) is 7.35 Å². The fraction of sp³-hybridized carbons (Fsp3) is 0.391. The summed E-state index contributed by atoms with van der Waals surface area (Å²) in [5.41, 5.74) is 19.0. The molecule has 0 aromatic heterocycles. The first-order valence-corrected chi connectivity index (χ1v) is 32.5. The molecule has 0 spiro atoms. The molecular weight excluding hydrogens is 759 g/mol. The molecule has 0 aliphatic heterocycles. The van der Waals surface area contributed by atoms with E-state index < -0.39 is 26.6 Å². The van der Waals surface area contributed by atoms with Gasteiger partial charge >= 0.3 is 303 Å². The molecule has 0 N–H and O–H groups in total. The van der Waals surface area contributed by atoms with Gasteiger partial charge in [-0.25, -0.2) is 0 Å². The fourth-order valence-electron chi connectivity index (χ4n) is 8.77. The zero-order chi connectivity index (χ0) is 33.6. The average Bonchev–Trinajstić information content (AvgIpc) is 3.65. The average molecular weight is 817 g/mol. The van der Waals surface area contributed by atoms with Crippen LogP contribution in [0, 0.1) is 0 Å². The van der Waals surface area contributed by atoms with Crippen LogP contribution in [0.1, 0.15) is 120 Å². The van der Waals surface area contributed by atoms with Crippen LogP contribution in [0.4, 0.5) is 0 Å². The fourth-order valence-corrected chi connectivity index (χ4v) is 41.2. The first kappa shape index (κ1) is 35.3. The van der Waals surface area contributed by atoms with Gasteiger partial charge < -0.3 is 0 Å². The van der Waals surface area contributed by atoms with Crippen molar-refractivity contribution in [3.05, 3.63) is 129 Å². The normalized spacial score (nSPS) is 16.6. The molecule has 4 aromatic rings. The Labute approximate surface area is 300 Å². The van der Waals surface area contributed by atoms with Crippen LogP contribution in [0.25, 0.3) is 34.4 Å². The number of unbranched alkanes of at least 4 members (excludes halogenated alkanes) is 2. The molecule has 4 aromatic carbocycles. The summed E-state index contributed by atoms with van der Waals surface area (Å²) in [6.07, 6.45) is 17.7. The van der Waals surface area contributed by atoms with E-state index in [2.05, 4.69) is 138 Å². The number of fused-ring (bicyclic) bond motifs is 2. The van der Waals surface area contributed by atoms with Crippen LogP contribution in [0.15, 0.2) is 96.1 Å². The molecular formula is C46H57HfSi. The van der Waals surface area contributed by atoms with Gasteiger partial charge in [0.15, 0.2) is 0 Å². The minimum absolute atomic E-state index is 0.705. The summed E-state index contributed by atoms with van der Waals surface area (Å²) in [6, 6.07) is 33.3. The molecule has 0 nitrogen and oxygen atoms in total. The van der Waals surface area contributed by atoms with Crippen LogP contribution < -0.4 is 0 Å². The van der Waals surface area contributed by atoms with Gasteiger partial charge in [-0.15, -0.1) is 0 Å². The number of rotatable bonds is 15. The quantitative estimate of drug-likeness (QED) is 0.105. The van der Waals surface area contributed by atoms with E-state index in [1.54, 1.807) is 33.4 Å². The zero-order valence-corrected chi connectivity index (χ0v) is 35.3. The molecule has 0 fully saturated rings. The molecule has 0 bridgehead atoms. The monoisotopic (exact) mass is 817 g/mol. The second-order valence-corrected chi connectivity index (χ2v) is 42.6. The van der Waals surface area contributed by atoms with Gasteiger partial charge in [-0.05, 0) is 0 Å². The zero-order valence-electron chi connectivity index (χ0n) is 30.5. The van der Waals surface area contributed by atoms with Gasteiger partial charge in [0.05, 0.1) is 0 Å². The number of hydrogen-bond donors (Lipinski definition) is 0. The number of aryl methyl sites for hydroxylation is 2. The van der Waals surface area contributed by atoms with Crippen molar-refractivity contribution >= 4 is 18.1 Å². The van der Waals surface area contributed by atoms with Crippen molar-refractivity contribution in [2.75, 3.05) is 0 Å². The summed E-state index contributed by atoms with van der Waals surface area (Å²) in [7, 11) is 0. The third kappa shape index (κ3) is 7.04. The predicted molar refractivity (Wildman–Crippen MR) is 211 cm³/mol. The molecule has 0 saturated heterocycles. The summed E-state index contributed by atoms with van der Waals surface area (Å²) >= 11 is -2.42. The van der Waals surface area contributed by atoms with Gasteiger partial charge in [0.2, 0.25) is 0 Å². The first-order chi connectivity index (χ1) is 23.5. The topological polar surface area (TPSA) is 0 Å². The summed E-state index contributed by atoms with van der Waals surface area (Å²) in [6.45, 7) is 14.9. The van der Waals surface area contributed by atoms with Crippen LogP contribution in [0.5, 0.6) is 0 Å². The van der Waals surface area contributed by atoms with E-state index in [1.165, 1.54) is 97.6 Å². The molecule has 2 aliphatic rings. The Hall–Kier alpha value is -2.55. The van der Waals surface area contributed by atoms with Gasteiger partial charge in [0.1, 0.15) is 0 Å². The Bertz CT molecular complexity index is 1650. The Kier molecular flexibility index (Phi) is 12.1. The van der Waals surface area contributed by atoms with Crippen molar-refractivity contribution < 1.29 is 20.6 Å². The molecule has 0 amide bonds. The molecule has 2 heteroatoms. The molecule has 0 radical (unpaired) electrons. The molecule has 2 aliphatic carbocycles. The third-order valence-corrected chi connectivity index (χ3v) is 41.8. The molecule has 6 rings (SSSR count). The number of allylic oxidation sites excluding steroid dienone is 2. The predicted octanol–water partition coefficient (Wildman–Crippen LogP) is 13.5. The van der Waals surface area contributed by atoms with Crippen molar-refractivity contribution in [1.29, 1.82) is 0 Å². The van der Waals surface area contributed by atoms with Crippen molar-refractivity contribution in [2.45, 2.75) is 112 Å². The summed E-state index contributed by atoms with van der Waals surface area (Å²) < 4.78 is 1.41. The Morgan fingerprint density at radius 3 is 1.29 bits per heavy atom. The third-order valence-electron chi connectivity index (χ3n) is 10.9. The Morgan fingerprint density at radius 1 is 0.479 bits per heavy atom. The summed E-state index contributed by atoms with van der Waals surface area (Å²) in [5.74, 6) is -0.935. The summed E-state index contributed by atoms with van der Waals surface area (Å²) in [5, 5.41) is 0. The maximum atomic E-state index is 2.74. The Morgan fingerprint density at radius 2 is 0.896 bits per heavy atom.